The van der Waals surface area contributed by atoms with Crippen molar-refractivity contribution in [3.8, 4) is 11.3 Å². The van der Waals surface area contributed by atoms with Crippen LogP contribution in [0, 0.1) is 13.0 Å². The average Bonchev–Trinajstić information content (AvgIpc) is 2.49. The fourth-order valence-corrected chi connectivity index (χ4v) is 1.23. The maximum absolute atomic E-state index is 4.34. The first-order chi connectivity index (χ1) is 6.27. The first kappa shape index (κ1) is 8.05. The van der Waals surface area contributed by atoms with Crippen LogP contribution < -0.4 is 0 Å². The van der Waals surface area contributed by atoms with E-state index in [1.54, 1.807) is 0 Å². The van der Waals surface area contributed by atoms with Crippen LogP contribution in [0.25, 0.3) is 11.3 Å². The molecule has 0 saturated carbocycles. The Morgan fingerprint density at radius 2 is 1.92 bits per heavy atom. The fourth-order valence-electron chi connectivity index (χ4n) is 1.23. The largest absolute Gasteiger partial charge is 0.272 e. The van der Waals surface area contributed by atoms with Gasteiger partial charge in [0.2, 0.25) is 0 Å². The third kappa shape index (κ3) is 1.47. The molecule has 0 spiro atoms. The van der Waals surface area contributed by atoms with Crippen LogP contribution in [0.3, 0.4) is 0 Å². The highest BCUT2D eigenvalue weighted by Crippen LogP contribution is 2.16. The number of rotatable bonds is 1. The molecule has 0 saturated heterocycles. The molecule has 1 radical (unpaired) electrons. The van der Waals surface area contributed by atoms with Crippen LogP contribution in [0.4, 0.5) is 0 Å². The summed E-state index contributed by atoms with van der Waals surface area (Å²) in [6.07, 6.45) is 0. The molecule has 0 bridgehead atoms. The summed E-state index contributed by atoms with van der Waals surface area (Å²) in [5, 5.41) is 4.34. The second-order valence-electron chi connectivity index (χ2n) is 3.05. The van der Waals surface area contributed by atoms with Crippen LogP contribution in [0.15, 0.2) is 30.3 Å². The zero-order chi connectivity index (χ0) is 9.26. The van der Waals surface area contributed by atoms with Crippen molar-refractivity contribution >= 4 is 0 Å². The molecule has 0 fully saturated rings. The topological polar surface area (TPSA) is 17.8 Å². The summed E-state index contributed by atoms with van der Waals surface area (Å²) in [5.41, 5.74) is 3.09. The summed E-state index contributed by atoms with van der Waals surface area (Å²) >= 11 is 0. The maximum Gasteiger partial charge on any atom is 0.101 e. The number of nitrogens with zero attached hydrogens (tertiary/aromatic N) is 2. The lowest BCUT2D eigenvalue weighted by molar-refractivity contribution is 0.742. The Morgan fingerprint density at radius 1 is 1.23 bits per heavy atom. The first-order valence-electron chi connectivity index (χ1n) is 4.26. The van der Waals surface area contributed by atoms with E-state index in [4.69, 9.17) is 0 Å². The number of hydrogen-bond acceptors (Lipinski definition) is 1. The predicted octanol–water partition coefficient (Wildman–Crippen LogP) is 2.20. The van der Waals surface area contributed by atoms with Crippen molar-refractivity contribution in [1.29, 1.82) is 0 Å². The second kappa shape index (κ2) is 3.05. The van der Waals surface area contributed by atoms with Gasteiger partial charge in [0.15, 0.2) is 0 Å². The Balaban J connectivity index is 2.48. The second-order valence-corrected chi connectivity index (χ2v) is 3.05. The van der Waals surface area contributed by atoms with Crippen LogP contribution in [0.2, 0.25) is 0 Å². The average molecular weight is 171 g/mol. The van der Waals surface area contributed by atoms with Gasteiger partial charge in [0.05, 0.1) is 0 Å². The summed E-state index contributed by atoms with van der Waals surface area (Å²) < 4.78 is 1.84. The van der Waals surface area contributed by atoms with Gasteiger partial charge in [-0.25, -0.2) is 0 Å². The Hall–Kier alpha value is -1.57. The van der Waals surface area contributed by atoms with E-state index in [0.29, 0.717) is 0 Å². The fraction of sp³-hybridized carbons (Fsp3) is 0.182. The Kier molecular flexibility index (Phi) is 1.89. The quantitative estimate of drug-likeness (QED) is 0.643. The van der Waals surface area contributed by atoms with Crippen LogP contribution in [-0.4, -0.2) is 9.78 Å². The van der Waals surface area contributed by atoms with Gasteiger partial charge < -0.3 is 0 Å². The molecule has 0 amide bonds. The number of aromatic nitrogens is 2. The SMILES string of the molecule is Cc1[c]c(-c2ccccc2)nn1C. The molecule has 0 unspecified atom stereocenters. The first-order valence-corrected chi connectivity index (χ1v) is 4.26. The Labute approximate surface area is 77.8 Å². The normalized spacial score (nSPS) is 10.3. The van der Waals surface area contributed by atoms with Crippen molar-refractivity contribution in [2.45, 2.75) is 6.92 Å². The smallest absolute Gasteiger partial charge is 0.101 e. The molecule has 1 heterocycles. The number of aryl methyl sites for hydroxylation is 2. The number of hydrogen-bond donors (Lipinski definition) is 0. The molecule has 1 aromatic carbocycles. The van der Waals surface area contributed by atoms with Crippen LogP contribution in [0.5, 0.6) is 0 Å². The molecule has 0 atom stereocenters. The van der Waals surface area contributed by atoms with Gasteiger partial charge >= 0.3 is 0 Å². The highest BCUT2D eigenvalue weighted by atomic mass is 15.3. The van der Waals surface area contributed by atoms with Crippen molar-refractivity contribution in [3.05, 3.63) is 42.1 Å². The minimum absolute atomic E-state index is 0.917. The van der Waals surface area contributed by atoms with E-state index in [0.717, 1.165) is 17.0 Å². The molecule has 1 aromatic heterocycles. The third-order valence-electron chi connectivity index (χ3n) is 2.08. The summed E-state index contributed by atoms with van der Waals surface area (Å²) in [5.74, 6) is 0. The molecule has 65 valence electrons. The van der Waals surface area contributed by atoms with Gasteiger partial charge in [-0.15, -0.1) is 0 Å². The molecule has 0 aliphatic heterocycles. The highest BCUT2D eigenvalue weighted by Gasteiger charge is 2.02. The number of benzene rings is 1. The molecule has 2 heteroatoms. The predicted molar refractivity (Wildman–Crippen MR) is 52.2 cm³/mol. The van der Waals surface area contributed by atoms with Crippen LogP contribution in [0.1, 0.15) is 5.69 Å². The molecule has 0 N–H and O–H groups in total. The molecule has 2 rings (SSSR count). The lowest BCUT2D eigenvalue weighted by Gasteiger charge is -1.93. The van der Waals surface area contributed by atoms with Crippen molar-refractivity contribution in [3.63, 3.8) is 0 Å². The molecule has 2 aromatic rings. The van der Waals surface area contributed by atoms with Gasteiger partial charge in [0.1, 0.15) is 5.69 Å². The van der Waals surface area contributed by atoms with Gasteiger partial charge in [-0.2, -0.15) is 5.10 Å². The van der Waals surface area contributed by atoms with E-state index >= 15 is 0 Å². The van der Waals surface area contributed by atoms with Gasteiger partial charge in [-0.1, -0.05) is 30.3 Å². The van der Waals surface area contributed by atoms with E-state index in [9.17, 15) is 0 Å². The molecule has 0 aliphatic rings. The van der Waals surface area contributed by atoms with E-state index in [-0.39, 0.29) is 0 Å². The zero-order valence-electron chi connectivity index (χ0n) is 7.78. The van der Waals surface area contributed by atoms with E-state index in [1.807, 2.05) is 49.0 Å². The molecular formula is C11H11N2. The Bertz CT molecular complexity index is 382. The van der Waals surface area contributed by atoms with Gasteiger partial charge in [0.25, 0.3) is 0 Å². The summed E-state index contributed by atoms with van der Waals surface area (Å²) in [7, 11) is 1.93. The van der Waals surface area contributed by atoms with Crippen molar-refractivity contribution in [2.24, 2.45) is 7.05 Å². The van der Waals surface area contributed by atoms with Crippen molar-refractivity contribution < 1.29 is 0 Å². The lowest BCUT2D eigenvalue weighted by atomic mass is 10.1. The minimum Gasteiger partial charge on any atom is -0.272 e. The van der Waals surface area contributed by atoms with Gasteiger partial charge in [-0.3, -0.25) is 4.68 Å². The standard InChI is InChI=1S/C11H11N2/c1-9-8-11(12-13(9)2)10-6-4-3-5-7-10/h3-7H,1-2H3. The minimum atomic E-state index is 0.917. The molecular weight excluding hydrogens is 160 g/mol. The molecule has 2 nitrogen and oxygen atoms in total. The van der Waals surface area contributed by atoms with Gasteiger partial charge in [-0.05, 0) is 6.92 Å². The van der Waals surface area contributed by atoms with E-state index in [2.05, 4.69) is 11.2 Å². The molecule has 0 aliphatic carbocycles. The monoisotopic (exact) mass is 171 g/mol. The third-order valence-corrected chi connectivity index (χ3v) is 2.08. The molecule has 13 heavy (non-hydrogen) atoms. The highest BCUT2D eigenvalue weighted by molar-refractivity contribution is 5.58. The van der Waals surface area contributed by atoms with Gasteiger partial charge in [0, 0.05) is 24.4 Å². The lowest BCUT2D eigenvalue weighted by Crippen LogP contribution is -1.92. The zero-order valence-corrected chi connectivity index (χ0v) is 7.78. The van der Waals surface area contributed by atoms with Crippen LogP contribution in [-0.2, 0) is 7.05 Å². The van der Waals surface area contributed by atoms with E-state index in [1.165, 1.54) is 0 Å². The summed E-state index contributed by atoms with van der Waals surface area (Å²) in [6, 6.07) is 13.3. The van der Waals surface area contributed by atoms with Crippen LogP contribution >= 0.6 is 0 Å². The maximum atomic E-state index is 4.34. The van der Waals surface area contributed by atoms with E-state index < -0.39 is 0 Å². The summed E-state index contributed by atoms with van der Waals surface area (Å²) in [4.78, 5) is 0. The Morgan fingerprint density at radius 3 is 2.46 bits per heavy atom. The summed E-state index contributed by atoms with van der Waals surface area (Å²) in [6.45, 7) is 2.00. The van der Waals surface area contributed by atoms with Crippen molar-refractivity contribution in [2.75, 3.05) is 0 Å². The van der Waals surface area contributed by atoms with Crippen molar-refractivity contribution in [1.82, 2.24) is 9.78 Å².